The van der Waals surface area contributed by atoms with Crippen LogP contribution in [0.4, 0.5) is 8.78 Å². The molecular weight excluding hydrogens is 312 g/mol. The van der Waals surface area contributed by atoms with Gasteiger partial charge in [0, 0.05) is 18.8 Å². The number of nitrogens with one attached hydrogen (secondary N) is 1. The number of hydrogen-bond donors (Lipinski definition) is 1. The normalized spacial score (nSPS) is 11.8. The van der Waals surface area contributed by atoms with Crippen molar-refractivity contribution in [2.75, 3.05) is 6.54 Å². The van der Waals surface area contributed by atoms with Crippen molar-refractivity contribution in [3.8, 4) is 0 Å². The predicted octanol–water partition coefficient (Wildman–Crippen LogP) is 2.15. The summed E-state index contributed by atoms with van der Waals surface area (Å²) in [5, 5.41) is 4.27. The summed E-state index contributed by atoms with van der Waals surface area (Å²) in [5.74, 6) is -2.27. The topological polar surface area (TPSA) is 64.0 Å². The third-order valence-corrected chi connectivity index (χ3v) is 4.60. The lowest BCUT2D eigenvalue weighted by molar-refractivity contribution is 0.503. The molecule has 8 heteroatoms. The summed E-state index contributed by atoms with van der Waals surface area (Å²) >= 11 is 0. The molecule has 0 unspecified atom stereocenters. The first-order valence-corrected chi connectivity index (χ1v) is 8.24. The van der Waals surface area contributed by atoms with Gasteiger partial charge in [0.1, 0.15) is 0 Å². The summed E-state index contributed by atoms with van der Waals surface area (Å²) in [7, 11) is -3.85. The minimum Gasteiger partial charge on any atom is -0.270 e. The zero-order valence-corrected chi connectivity index (χ0v) is 13.1. The average Bonchev–Trinajstić information content (AvgIpc) is 2.76. The van der Waals surface area contributed by atoms with Crippen LogP contribution >= 0.6 is 0 Å². The Bertz CT molecular complexity index is 772. The van der Waals surface area contributed by atoms with Gasteiger partial charge in [-0.15, -0.1) is 0 Å². The largest absolute Gasteiger partial charge is 0.270 e. The highest BCUT2D eigenvalue weighted by Crippen LogP contribution is 2.13. The molecule has 1 N–H and O–H groups in total. The second-order valence-corrected chi connectivity index (χ2v) is 6.74. The van der Waals surface area contributed by atoms with Crippen LogP contribution in [0.15, 0.2) is 29.2 Å². The SMILES string of the molecule is Cc1cc(C)n(CCCNS(=O)(=O)c2ccc(F)c(F)c2)n1. The van der Waals surface area contributed by atoms with Crippen molar-refractivity contribution < 1.29 is 17.2 Å². The minimum absolute atomic E-state index is 0.180. The van der Waals surface area contributed by atoms with E-state index in [4.69, 9.17) is 0 Å². The Morgan fingerprint density at radius 3 is 2.50 bits per heavy atom. The number of nitrogens with zero attached hydrogens (tertiary/aromatic N) is 2. The molecule has 22 heavy (non-hydrogen) atoms. The molecule has 0 fully saturated rings. The van der Waals surface area contributed by atoms with Crippen LogP contribution in [0.25, 0.3) is 0 Å². The van der Waals surface area contributed by atoms with Crippen LogP contribution in [0.3, 0.4) is 0 Å². The van der Waals surface area contributed by atoms with Gasteiger partial charge in [-0.05, 0) is 44.5 Å². The maximum atomic E-state index is 13.1. The first kappa shape index (κ1) is 16.6. The molecule has 0 saturated carbocycles. The molecule has 1 aromatic carbocycles. The van der Waals surface area contributed by atoms with Crippen molar-refractivity contribution in [3.05, 3.63) is 47.3 Å². The van der Waals surface area contributed by atoms with Crippen LogP contribution in [0, 0.1) is 25.5 Å². The highest BCUT2D eigenvalue weighted by atomic mass is 32.2. The number of halogens is 2. The van der Waals surface area contributed by atoms with E-state index in [2.05, 4.69) is 9.82 Å². The van der Waals surface area contributed by atoms with Gasteiger partial charge in [0.15, 0.2) is 11.6 Å². The van der Waals surface area contributed by atoms with Gasteiger partial charge in [-0.25, -0.2) is 21.9 Å². The van der Waals surface area contributed by atoms with Gasteiger partial charge in [-0.3, -0.25) is 4.68 Å². The third kappa shape index (κ3) is 3.89. The maximum absolute atomic E-state index is 13.1. The fourth-order valence-electron chi connectivity index (χ4n) is 2.06. The van der Waals surface area contributed by atoms with Crippen LogP contribution in [0.1, 0.15) is 17.8 Å². The summed E-state index contributed by atoms with van der Waals surface area (Å²) < 4.78 is 54.0. The predicted molar refractivity (Wildman–Crippen MR) is 77.9 cm³/mol. The second kappa shape index (κ2) is 6.53. The Hall–Kier alpha value is -1.80. The smallest absolute Gasteiger partial charge is 0.240 e. The lowest BCUT2D eigenvalue weighted by atomic mass is 10.3. The molecule has 0 spiro atoms. The molecule has 0 atom stereocenters. The molecular formula is C14H17F2N3O2S. The van der Waals surface area contributed by atoms with Crippen molar-refractivity contribution in [3.63, 3.8) is 0 Å². The van der Waals surface area contributed by atoms with Crippen molar-refractivity contribution in [1.29, 1.82) is 0 Å². The summed E-state index contributed by atoms with van der Waals surface area (Å²) in [6.45, 7) is 4.56. The molecule has 0 bridgehead atoms. The van der Waals surface area contributed by atoms with E-state index in [1.165, 1.54) is 0 Å². The molecule has 0 saturated heterocycles. The molecule has 1 aromatic heterocycles. The summed E-state index contributed by atoms with van der Waals surface area (Å²) in [5.41, 5.74) is 1.90. The Morgan fingerprint density at radius 1 is 1.18 bits per heavy atom. The van der Waals surface area contributed by atoms with Gasteiger partial charge in [-0.2, -0.15) is 5.10 Å². The van der Waals surface area contributed by atoms with E-state index >= 15 is 0 Å². The highest BCUT2D eigenvalue weighted by molar-refractivity contribution is 7.89. The number of hydrogen-bond acceptors (Lipinski definition) is 3. The first-order valence-electron chi connectivity index (χ1n) is 6.75. The zero-order chi connectivity index (χ0) is 16.3. The van der Waals surface area contributed by atoms with E-state index in [1.807, 2.05) is 19.9 Å². The molecule has 1 heterocycles. The zero-order valence-electron chi connectivity index (χ0n) is 12.3. The molecule has 0 aliphatic carbocycles. The fourth-order valence-corrected chi connectivity index (χ4v) is 3.15. The van der Waals surface area contributed by atoms with E-state index in [-0.39, 0.29) is 11.4 Å². The van der Waals surface area contributed by atoms with Gasteiger partial charge in [0.25, 0.3) is 0 Å². The van der Waals surface area contributed by atoms with Crippen LogP contribution in [0.2, 0.25) is 0 Å². The van der Waals surface area contributed by atoms with Gasteiger partial charge >= 0.3 is 0 Å². The second-order valence-electron chi connectivity index (χ2n) is 4.98. The lowest BCUT2D eigenvalue weighted by Gasteiger charge is -2.08. The maximum Gasteiger partial charge on any atom is 0.240 e. The molecule has 0 radical (unpaired) electrons. The van der Waals surface area contributed by atoms with Crippen molar-refractivity contribution in [2.24, 2.45) is 0 Å². The molecule has 0 aliphatic rings. The monoisotopic (exact) mass is 329 g/mol. The van der Waals surface area contributed by atoms with Crippen molar-refractivity contribution in [1.82, 2.24) is 14.5 Å². The number of aryl methyl sites for hydroxylation is 3. The molecule has 5 nitrogen and oxygen atoms in total. The number of benzene rings is 1. The average molecular weight is 329 g/mol. The fraction of sp³-hybridized carbons (Fsp3) is 0.357. The third-order valence-electron chi connectivity index (χ3n) is 3.14. The van der Waals surface area contributed by atoms with Crippen LogP contribution in [0.5, 0.6) is 0 Å². The van der Waals surface area contributed by atoms with Crippen molar-refractivity contribution in [2.45, 2.75) is 31.7 Å². The number of aromatic nitrogens is 2. The number of rotatable bonds is 6. The summed E-state index contributed by atoms with van der Waals surface area (Å²) in [4.78, 5) is -0.294. The highest BCUT2D eigenvalue weighted by Gasteiger charge is 2.15. The van der Waals surface area contributed by atoms with Crippen LogP contribution in [-0.4, -0.2) is 24.7 Å². The molecule has 120 valence electrons. The van der Waals surface area contributed by atoms with E-state index < -0.39 is 21.7 Å². The molecule has 2 rings (SSSR count). The molecule has 2 aromatic rings. The number of sulfonamides is 1. The van der Waals surface area contributed by atoms with E-state index in [0.29, 0.717) is 19.0 Å². The van der Waals surface area contributed by atoms with E-state index in [9.17, 15) is 17.2 Å². The Balaban J connectivity index is 1.92. The lowest BCUT2D eigenvalue weighted by Crippen LogP contribution is -2.26. The van der Waals surface area contributed by atoms with Gasteiger partial charge < -0.3 is 0 Å². The van der Waals surface area contributed by atoms with Crippen molar-refractivity contribution >= 4 is 10.0 Å². The van der Waals surface area contributed by atoms with E-state index in [1.54, 1.807) is 4.68 Å². The standard InChI is InChI=1S/C14H17F2N3O2S/c1-10-8-11(2)19(18-10)7-3-6-17-22(20,21)12-4-5-13(15)14(16)9-12/h4-5,8-9,17H,3,6-7H2,1-2H3. The summed E-state index contributed by atoms with van der Waals surface area (Å²) in [6.07, 6.45) is 0.533. The minimum atomic E-state index is -3.85. The first-order chi connectivity index (χ1) is 10.3. The van der Waals surface area contributed by atoms with Crippen LogP contribution in [-0.2, 0) is 16.6 Å². The molecule has 0 amide bonds. The quantitative estimate of drug-likeness (QED) is 0.826. The van der Waals surface area contributed by atoms with Gasteiger partial charge in [0.05, 0.1) is 10.6 Å². The molecule has 0 aliphatic heterocycles. The van der Waals surface area contributed by atoms with E-state index in [0.717, 1.165) is 23.5 Å². The Morgan fingerprint density at radius 2 is 1.91 bits per heavy atom. The Kier molecular flexibility index (Phi) is 4.92. The van der Waals surface area contributed by atoms with Gasteiger partial charge in [-0.1, -0.05) is 0 Å². The van der Waals surface area contributed by atoms with Crippen LogP contribution < -0.4 is 4.72 Å². The van der Waals surface area contributed by atoms with Gasteiger partial charge in [0.2, 0.25) is 10.0 Å². The Labute approximate surface area is 128 Å². The summed E-state index contributed by atoms with van der Waals surface area (Å²) in [6, 6.07) is 4.42.